The number of fused-ring (bicyclic) bond motifs is 1. The summed E-state index contributed by atoms with van der Waals surface area (Å²) >= 11 is 0. The van der Waals surface area contributed by atoms with E-state index in [1.165, 1.54) is 6.42 Å². The van der Waals surface area contributed by atoms with Crippen LogP contribution in [0.2, 0.25) is 0 Å². The standard InChI is InChI=1S/C14H19N5O.C8H16N2O/c15-12(20)4-3-10-2-1-7-19(8-10)14-11-5-6-16-13(11)17-9-18-14;1-6(8(9)11)7-3-2-4-10-5-7/h5-6,9-10H,1-4,7-8H2,(H2,15,20)(H,16,17,18);6-7,10H,2-5H2,1H3,(H2,9,11). The summed E-state index contributed by atoms with van der Waals surface area (Å²) in [4.78, 5) is 35.8. The molecule has 0 bridgehead atoms. The zero-order valence-electron chi connectivity index (χ0n) is 18.3. The fourth-order valence-corrected chi connectivity index (χ4v) is 4.49. The molecule has 170 valence electrons. The molecule has 0 saturated carbocycles. The number of nitrogens with two attached hydrogens (primary N) is 2. The number of anilines is 1. The van der Waals surface area contributed by atoms with Gasteiger partial charge in [-0.05, 0) is 63.1 Å². The van der Waals surface area contributed by atoms with Crippen LogP contribution in [-0.4, -0.2) is 52.9 Å². The van der Waals surface area contributed by atoms with Crippen molar-refractivity contribution in [2.75, 3.05) is 31.1 Å². The van der Waals surface area contributed by atoms with Crippen molar-refractivity contribution in [3.05, 3.63) is 18.6 Å². The lowest BCUT2D eigenvalue weighted by Gasteiger charge is -2.33. The molecule has 6 N–H and O–H groups in total. The Bertz CT molecular complexity index is 862. The SMILES string of the molecule is CC(C(N)=O)C1CCCNC1.NC(=O)CCC1CCCN(c2ncnc3[nH]ccc23)C1. The number of aromatic amines is 1. The largest absolute Gasteiger partial charge is 0.370 e. The van der Waals surface area contributed by atoms with E-state index in [-0.39, 0.29) is 17.7 Å². The molecule has 2 saturated heterocycles. The molecule has 0 aromatic carbocycles. The molecule has 2 aromatic rings. The summed E-state index contributed by atoms with van der Waals surface area (Å²) in [7, 11) is 0. The summed E-state index contributed by atoms with van der Waals surface area (Å²) in [5, 5.41) is 4.32. The van der Waals surface area contributed by atoms with Gasteiger partial charge < -0.3 is 26.7 Å². The summed E-state index contributed by atoms with van der Waals surface area (Å²) in [5.41, 5.74) is 11.3. The normalized spacial score (nSPS) is 22.4. The van der Waals surface area contributed by atoms with Crippen LogP contribution in [0.5, 0.6) is 0 Å². The van der Waals surface area contributed by atoms with Crippen molar-refractivity contribution < 1.29 is 9.59 Å². The molecule has 3 unspecified atom stereocenters. The molecule has 4 rings (SSSR count). The average Bonchev–Trinajstić information content (AvgIpc) is 3.27. The van der Waals surface area contributed by atoms with E-state index in [9.17, 15) is 9.59 Å². The molecule has 0 radical (unpaired) electrons. The molecule has 4 heterocycles. The molecule has 9 heteroatoms. The molecule has 2 aromatic heterocycles. The maximum Gasteiger partial charge on any atom is 0.220 e. The first-order chi connectivity index (χ1) is 15.0. The number of H-pyrrole nitrogens is 1. The van der Waals surface area contributed by atoms with Crippen molar-refractivity contribution in [1.82, 2.24) is 20.3 Å². The number of aromatic nitrogens is 3. The van der Waals surface area contributed by atoms with Crippen LogP contribution in [0.4, 0.5) is 5.82 Å². The molecule has 2 amide bonds. The number of piperidine rings is 2. The van der Waals surface area contributed by atoms with Crippen LogP contribution in [-0.2, 0) is 9.59 Å². The van der Waals surface area contributed by atoms with E-state index in [1.54, 1.807) is 6.33 Å². The molecule has 31 heavy (non-hydrogen) atoms. The number of nitrogens with zero attached hydrogens (tertiary/aromatic N) is 3. The fraction of sp³-hybridized carbons (Fsp3) is 0.636. The number of rotatable bonds is 6. The van der Waals surface area contributed by atoms with Gasteiger partial charge in [0.1, 0.15) is 17.8 Å². The van der Waals surface area contributed by atoms with E-state index >= 15 is 0 Å². The number of hydrogen-bond donors (Lipinski definition) is 4. The lowest BCUT2D eigenvalue weighted by Crippen LogP contribution is -2.38. The van der Waals surface area contributed by atoms with Crippen LogP contribution in [0.25, 0.3) is 11.0 Å². The van der Waals surface area contributed by atoms with E-state index in [1.807, 2.05) is 19.2 Å². The van der Waals surface area contributed by atoms with Crippen LogP contribution in [0.15, 0.2) is 18.6 Å². The topological polar surface area (TPSA) is 143 Å². The second kappa shape index (κ2) is 11.1. The van der Waals surface area contributed by atoms with Gasteiger partial charge in [-0.3, -0.25) is 9.59 Å². The molecule has 0 spiro atoms. The summed E-state index contributed by atoms with van der Waals surface area (Å²) < 4.78 is 0. The van der Waals surface area contributed by atoms with Crippen molar-refractivity contribution in [1.29, 1.82) is 0 Å². The van der Waals surface area contributed by atoms with Crippen LogP contribution in [0, 0.1) is 17.8 Å². The first kappa shape index (κ1) is 23.0. The second-order valence-corrected chi connectivity index (χ2v) is 8.69. The van der Waals surface area contributed by atoms with Gasteiger partial charge in [0, 0.05) is 31.6 Å². The fourth-order valence-electron chi connectivity index (χ4n) is 4.49. The van der Waals surface area contributed by atoms with E-state index in [0.29, 0.717) is 18.3 Å². The first-order valence-electron chi connectivity index (χ1n) is 11.3. The van der Waals surface area contributed by atoms with Crippen LogP contribution in [0.1, 0.15) is 45.4 Å². The smallest absolute Gasteiger partial charge is 0.220 e. The summed E-state index contributed by atoms with van der Waals surface area (Å²) in [6, 6.07) is 2.01. The highest BCUT2D eigenvalue weighted by molar-refractivity contribution is 5.87. The number of carbonyl (C=O) groups is 2. The third kappa shape index (κ3) is 6.40. The molecule has 2 aliphatic heterocycles. The molecule has 9 nitrogen and oxygen atoms in total. The highest BCUT2D eigenvalue weighted by Gasteiger charge is 2.24. The van der Waals surface area contributed by atoms with Gasteiger partial charge >= 0.3 is 0 Å². The van der Waals surface area contributed by atoms with E-state index in [2.05, 4.69) is 25.2 Å². The zero-order valence-corrected chi connectivity index (χ0v) is 18.3. The van der Waals surface area contributed by atoms with Crippen LogP contribution in [0.3, 0.4) is 0 Å². The summed E-state index contributed by atoms with van der Waals surface area (Å²) in [6.07, 6.45) is 9.41. The van der Waals surface area contributed by atoms with E-state index in [4.69, 9.17) is 11.5 Å². The Balaban J connectivity index is 0.000000210. The molecule has 0 aliphatic carbocycles. The monoisotopic (exact) mass is 429 g/mol. The molecule has 2 aliphatic rings. The van der Waals surface area contributed by atoms with Gasteiger partial charge in [0.2, 0.25) is 11.8 Å². The number of nitrogens with one attached hydrogen (secondary N) is 2. The maximum absolute atomic E-state index is 10.9. The van der Waals surface area contributed by atoms with Crippen molar-refractivity contribution in [2.45, 2.75) is 45.4 Å². The van der Waals surface area contributed by atoms with Gasteiger partial charge in [-0.1, -0.05) is 6.92 Å². The van der Waals surface area contributed by atoms with Crippen molar-refractivity contribution >= 4 is 28.7 Å². The van der Waals surface area contributed by atoms with E-state index < -0.39 is 0 Å². The Labute approximate surface area is 183 Å². The van der Waals surface area contributed by atoms with E-state index in [0.717, 1.165) is 68.7 Å². The van der Waals surface area contributed by atoms with Gasteiger partial charge in [-0.2, -0.15) is 0 Å². The Kier molecular flexibility index (Phi) is 8.22. The van der Waals surface area contributed by atoms with Gasteiger partial charge in [0.05, 0.1) is 5.39 Å². The van der Waals surface area contributed by atoms with Gasteiger partial charge in [0.15, 0.2) is 0 Å². The minimum absolute atomic E-state index is 0.0304. The van der Waals surface area contributed by atoms with Crippen LogP contribution < -0.4 is 21.7 Å². The molecule has 2 fully saturated rings. The number of primary amides is 2. The minimum atomic E-state index is -0.211. The van der Waals surface area contributed by atoms with Gasteiger partial charge in [-0.25, -0.2) is 9.97 Å². The maximum atomic E-state index is 10.9. The molecular formula is C22H35N7O2. The Morgan fingerprint density at radius 2 is 2.10 bits per heavy atom. The quantitative estimate of drug-likeness (QED) is 0.548. The van der Waals surface area contributed by atoms with Crippen LogP contribution >= 0.6 is 0 Å². The first-order valence-corrected chi connectivity index (χ1v) is 11.3. The van der Waals surface area contributed by atoms with Crippen molar-refractivity contribution in [2.24, 2.45) is 29.2 Å². The van der Waals surface area contributed by atoms with Crippen molar-refractivity contribution in [3.63, 3.8) is 0 Å². The Hall–Kier alpha value is -2.68. The third-order valence-corrected chi connectivity index (χ3v) is 6.44. The Morgan fingerprint density at radius 1 is 1.26 bits per heavy atom. The highest BCUT2D eigenvalue weighted by atomic mass is 16.1. The van der Waals surface area contributed by atoms with Crippen molar-refractivity contribution in [3.8, 4) is 0 Å². The number of carbonyl (C=O) groups excluding carboxylic acids is 2. The zero-order chi connectivity index (χ0) is 22.2. The highest BCUT2D eigenvalue weighted by Crippen LogP contribution is 2.28. The number of hydrogen-bond acceptors (Lipinski definition) is 6. The van der Waals surface area contributed by atoms with Gasteiger partial charge in [-0.15, -0.1) is 0 Å². The predicted molar refractivity (Wildman–Crippen MR) is 121 cm³/mol. The lowest BCUT2D eigenvalue weighted by atomic mass is 9.87. The second-order valence-electron chi connectivity index (χ2n) is 8.69. The minimum Gasteiger partial charge on any atom is -0.370 e. The predicted octanol–water partition coefficient (Wildman–Crippen LogP) is 1.55. The Morgan fingerprint density at radius 3 is 2.81 bits per heavy atom. The molecule has 3 atom stereocenters. The third-order valence-electron chi connectivity index (χ3n) is 6.44. The number of amides is 2. The lowest BCUT2D eigenvalue weighted by molar-refractivity contribution is -0.123. The summed E-state index contributed by atoms with van der Waals surface area (Å²) in [6.45, 7) is 5.89. The van der Waals surface area contributed by atoms with Gasteiger partial charge in [0.25, 0.3) is 0 Å². The molecular weight excluding hydrogens is 394 g/mol. The average molecular weight is 430 g/mol. The summed E-state index contributed by atoms with van der Waals surface area (Å²) in [5.74, 6) is 1.61.